The first-order chi connectivity index (χ1) is 10.7. The average Bonchev–Trinajstić information content (AvgIpc) is 3.14. The molecule has 22 heavy (non-hydrogen) atoms. The minimum atomic E-state index is 0.0404. The SMILES string of the molecule is Cc1csc(CN2CCC[C@]3(C[C@@H](OCC4CC4)CO3)C2)n1. The van der Waals surface area contributed by atoms with Crippen molar-refractivity contribution < 1.29 is 9.47 Å². The molecule has 1 saturated carbocycles. The van der Waals surface area contributed by atoms with Gasteiger partial charge in [0, 0.05) is 30.6 Å². The van der Waals surface area contributed by atoms with Gasteiger partial charge in [-0.15, -0.1) is 11.3 Å². The molecule has 0 unspecified atom stereocenters. The molecule has 4 nitrogen and oxygen atoms in total. The van der Waals surface area contributed by atoms with Crippen LogP contribution in [-0.4, -0.2) is 47.9 Å². The summed E-state index contributed by atoms with van der Waals surface area (Å²) in [4.78, 5) is 7.12. The molecule has 4 rings (SSSR count). The van der Waals surface area contributed by atoms with Gasteiger partial charge in [-0.05, 0) is 45.1 Å². The van der Waals surface area contributed by atoms with E-state index in [0.29, 0.717) is 6.10 Å². The van der Waals surface area contributed by atoms with E-state index in [9.17, 15) is 0 Å². The monoisotopic (exact) mass is 322 g/mol. The number of aromatic nitrogens is 1. The van der Waals surface area contributed by atoms with Crippen molar-refractivity contribution in [2.24, 2.45) is 5.92 Å². The van der Waals surface area contributed by atoms with Crippen molar-refractivity contribution in [1.29, 1.82) is 0 Å². The summed E-state index contributed by atoms with van der Waals surface area (Å²) in [6, 6.07) is 0. The lowest BCUT2D eigenvalue weighted by atomic mass is 9.89. The molecule has 0 radical (unpaired) electrons. The molecule has 5 heteroatoms. The summed E-state index contributed by atoms with van der Waals surface area (Å²) in [6.45, 7) is 6.98. The third-order valence-electron chi connectivity index (χ3n) is 5.08. The molecule has 3 fully saturated rings. The molecule has 3 aliphatic rings. The van der Waals surface area contributed by atoms with Crippen LogP contribution in [0.15, 0.2) is 5.38 Å². The van der Waals surface area contributed by atoms with Crippen LogP contribution in [0.1, 0.15) is 42.8 Å². The Balaban J connectivity index is 1.32. The number of likely N-dealkylation sites (tertiary alicyclic amines) is 1. The van der Waals surface area contributed by atoms with E-state index in [2.05, 4.69) is 22.2 Å². The van der Waals surface area contributed by atoms with Crippen LogP contribution in [0.25, 0.3) is 0 Å². The van der Waals surface area contributed by atoms with Gasteiger partial charge in [0.25, 0.3) is 0 Å². The predicted molar refractivity (Wildman–Crippen MR) is 87.1 cm³/mol. The van der Waals surface area contributed by atoms with E-state index in [1.165, 1.54) is 30.7 Å². The maximum absolute atomic E-state index is 6.24. The van der Waals surface area contributed by atoms with E-state index in [-0.39, 0.29) is 5.60 Å². The fourth-order valence-corrected chi connectivity index (χ4v) is 4.56. The predicted octanol–water partition coefficient (Wildman–Crippen LogP) is 3.00. The van der Waals surface area contributed by atoms with Crippen molar-refractivity contribution in [1.82, 2.24) is 9.88 Å². The number of aryl methyl sites for hydroxylation is 1. The molecule has 2 aliphatic heterocycles. The minimum Gasteiger partial charge on any atom is -0.375 e. The van der Waals surface area contributed by atoms with Crippen molar-refractivity contribution in [2.75, 3.05) is 26.3 Å². The van der Waals surface area contributed by atoms with Gasteiger partial charge in [-0.2, -0.15) is 0 Å². The van der Waals surface area contributed by atoms with Crippen LogP contribution in [0.5, 0.6) is 0 Å². The molecule has 0 aromatic carbocycles. The molecule has 3 heterocycles. The van der Waals surface area contributed by atoms with Gasteiger partial charge >= 0.3 is 0 Å². The van der Waals surface area contributed by atoms with E-state index in [1.807, 2.05) is 0 Å². The lowest BCUT2D eigenvalue weighted by Gasteiger charge is -2.39. The van der Waals surface area contributed by atoms with Gasteiger partial charge < -0.3 is 9.47 Å². The second kappa shape index (κ2) is 6.19. The molecule has 0 bridgehead atoms. The Bertz CT molecular complexity index is 517. The number of ether oxygens (including phenoxy) is 2. The molecule has 2 saturated heterocycles. The number of rotatable bonds is 5. The van der Waals surface area contributed by atoms with E-state index in [0.717, 1.165) is 50.9 Å². The molecule has 1 spiro atoms. The quantitative estimate of drug-likeness (QED) is 0.835. The Morgan fingerprint density at radius 2 is 2.41 bits per heavy atom. The van der Waals surface area contributed by atoms with Crippen LogP contribution in [0.2, 0.25) is 0 Å². The number of thiazole rings is 1. The topological polar surface area (TPSA) is 34.6 Å². The largest absolute Gasteiger partial charge is 0.375 e. The van der Waals surface area contributed by atoms with Crippen LogP contribution in [-0.2, 0) is 16.0 Å². The van der Waals surface area contributed by atoms with E-state index in [4.69, 9.17) is 9.47 Å². The lowest BCUT2D eigenvalue weighted by molar-refractivity contribution is -0.0547. The Kier molecular flexibility index (Phi) is 4.24. The minimum absolute atomic E-state index is 0.0404. The highest BCUT2D eigenvalue weighted by atomic mass is 32.1. The molecule has 1 aliphatic carbocycles. The van der Waals surface area contributed by atoms with Crippen molar-refractivity contribution in [3.05, 3.63) is 16.1 Å². The summed E-state index contributed by atoms with van der Waals surface area (Å²) >= 11 is 1.77. The van der Waals surface area contributed by atoms with Gasteiger partial charge in [0.1, 0.15) is 5.01 Å². The number of hydrogen-bond acceptors (Lipinski definition) is 5. The Labute approximate surface area is 136 Å². The number of hydrogen-bond donors (Lipinski definition) is 0. The first-order valence-corrected chi connectivity index (χ1v) is 9.48. The van der Waals surface area contributed by atoms with Crippen molar-refractivity contribution in [3.63, 3.8) is 0 Å². The summed E-state index contributed by atoms with van der Waals surface area (Å²) < 4.78 is 12.3. The fourth-order valence-electron chi connectivity index (χ4n) is 3.74. The Morgan fingerprint density at radius 3 is 3.18 bits per heavy atom. The first kappa shape index (κ1) is 15.1. The Hall–Kier alpha value is -0.490. The summed E-state index contributed by atoms with van der Waals surface area (Å²) in [7, 11) is 0. The van der Waals surface area contributed by atoms with Crippen molar-refractivity contribution in [2.45, 2.75) is 57.3 Å². The highest BCUT2D eigenvalue weighted by Gasteiger charge is 2.44. The second-order valence-electron chi connectivity index (χ2n) is 7.29. The molecular weight excluding hydrogens is 296 g/mol. The van der Waals surface area contributed by atoms with Crippen LogP contribution in [0, 0.1) is 12.8 Å². The molecule has 122 valence electrons. The second-order valence-corrected chi connectivity index (χ2v) is 8.24. The van der Waals surface area contributed by atoms with Gasteiger partial charge in [-0.25, -0.2) is 4.98 Å². The first-order valence-electron chi connectivity index (χ1n) is 8.60. The lowest BCUT2D eigenvalue weighted by Crippen LogP contribution is -2.47. The molecule has 0 N–H and O–H groups in total. The molecular formula is C17H26N2O2S. The normalized spacial score (nSPS) is 32.9. The maximum atomic E-state index is 6.24. The van der Waals surface area contributed by atoms with Gasteiger partial charge in [-0.1, -0.05) is 0 Å². The number of piperidine rings is 1. The zero-order chi connectivity index (χ0) is 15.0. The van der Waals surface area contributed by atoms with Crippen LogP contribution >= 0.6 is 11.3 Å². The molecule has 0 amide bonds. The summed E-state index contributed by atoms with van der Waals surface area (Å²) in [5, 5.41) is 3.37. The fraction of sp³-hybridized carbons (Fsp3) is 0.824. The van der Waals surface area contributed by atoms with Crippen LogP contribution in [0.3, 0.4) is 0 Å². The number of nitrogens with zero attached hydrogens (tertiary/aromatic N) is 2. The standard InChI is InChI=1S/C17H26N2O2S/c1-13-11-22-16(18-13)8-19-6-2-5-17(12-19)7-15(10-21-17)20-9-14-3-4-14/h11,14-15H,2-10,12H2,1H3/t15-,17+/m1/s1. The van der Waals surface area contributed by atoms with Gasteiger partial charge in [0.2, 0.25) is 0 Å². The zero-order valence-corrected chi connectivity index (χ0v) is 14.2. The van der Waals surface area contributed by atoms with Crippen LogP contribution < -0.4 is 0 Å². The van der Waals surface area contributed by atoms with Crippen molar-refractivity contribution in [3.8, 4) is 0 Å². The van der Waals surface area contributed by atoms with Gasteiger partial charge in [-0.3, -0.25) is 4.90 Å². The van der Waals surface area contributed by atoms with Gasteiger partial charge in [0.15, 0.2) is 0 Å². The van der Waals surface area contributed by atoms with E-state index < -0.39 is 0 Å². The summed E-state index contributed by atoms with van der Waals surface area (Å²) in [5.41, 5.74) is 1.18. The summed E-state index contributed by atoms with van der Waals surface area (Å²) in [6.07, 6.45) is 6.53. The average molecular weight is 322 g/mol. The van der Waals surface area contributed by atoms with Crippen LogP contribution in [0.4, 0.5) is 0 Å². The zero-order valence-electron chi connectivity index (χ0n) is 13.4. The van der Waals surface area contributed by atoms with E-state index in [1.54, 1.807) is 11.3 Å². The summed E-state index contributed by atoms with van der Waals surface area (Å²) in [5.74, 6) is 0.840. The molecule has 1 aromatic heterocycles. The highest BCUT2D eigenvalue weighted by Crippen LogP contribution is 2.37. The van der Waals surface area contributed by atoms with E-state index >= 15 is 0 Å². The molecule has 1 aromatic rings. The third-order valence-corrected chi connectivity index (χ3v) is 6.04. The third kappa shape index (κ3) is 3.53. The molecule has 2 atom stereocenters. The van der Waals surface area contributed by atoms with Gasteiger partial charge in [0.05, 0.1) is 24.9 Å². The maximum Gasteiger partial charge on any atom is 0.107 e. The smallest absolute Gasteiger partial charge is 0.107 e. The Morgan fingerprint density at radius 1 is 1.50 bits per heavy atom. The van der Waals surface area contributed by atoms with Crippen molar-refractivity contribution >= 4 is 11.3 Å². The highest BCUT2D eigenvalue weighted by molar-refractivity contribution is 7.09.